The summed E-state index contributed by atoms with van der Waals surface area (Å²) < 4.78 is 36.5. The van der Waals surface area contributed by atoms with Crippen LogP contribution in [-0.4, -0.2) is 40.0 Å². The summed E-state index contributed by atoms with van der Waals surface area (Å²) in [5.74, 6) is 0. The number of aromatic nitrogens is 1. The number of nitrogens with zero attached hydrogens (tertiary/aromatic N) is 1. The SMILES string of the molecule is COC(OC)C(C)NS(=O)(=O)c1cnc(C)s1. The molecule has 0 saturated carbocycles. The molecular formula is C9H16N2O4S2. The lowest BCUT2D eigenvalue weighted by molar-refractivity contribution is -0.115. The molecule has 1 aromatic heterocycles. The molecule has 0 aliphatic rings. The van der Waals surface area contributed by atoms with Gasteiger partial charge >= 0.3 is 0 Å². The Morgan fingerprint density at radius 3 is 2.41 bits per heavy atom. The smallest absolute Gasteiger partial charge is 0.252 e. The Morgan fingerprint density at radius 1 is 1.41 bits per heavy atom. The Labute approximate surface area is 105 Å². The molecule has 0 fully saturated rings. The monoisotopic (exact) mass is 280 g/mol. The molecule has 17 heavy (non-hydrogen) atoms. The van der Waals surface area contributed by atoms with Gasteiger partial charge in [0.25, 0.3) is 10.0 Å². The molecule has 1 atom stereocenters. The van der Waals surface area contributed by atoms with Gasteiger partial charge in [0.15, 0.2) is 10.5 Å². The van der Waals surface area contributed by atoms with E-state index in [2.05, 4.69) is 9.71 Å². The Hall–Kier alpha value is -0.540. The predicted molar refractivity (Wildman–Crippen MR) is 64.4 cm³/mol. The molecule has 98 valence electrons. The fourth-order valence-electron chi connectivity index (χ4n) is 1.33. The third-order valence-corrected chi connectivity index (χ3v) is 5.01. The van der Waals surface area contributed by atoms with Crippen molar-refractivity contribution in [1.29, 1.82) is 0 Å². The van der Waals surface area contributed by atoms with Crippen molar-refractivity contribution in [3.63, 3.8) is 0 Å². The summed E-state index contributed by atoms with van der Waals surface area (Å²) in [6.45, 7) is 3.42. The molecule has 6 nitrogen and oxygen atoms in total. The average molecular weight is 280 g/mol. The predicted octanol–water partition coefficient (Wildman–Crippen LogP) is 0.737. The first-order valence-electron chi connectivity index (χ1n) is 4.91. The van der Waals surface area contributed by atoms with Gasteiger partial charge in [-0.05, 0) is 13.8 Å². The van der Waals surface area contributed by atoms with E-state index in [9.17, 15) is 8.42 Å². The summed E-state index contributed by atoms with van der Waals surface area (Å²) in [4.78, 5) is 3.91. The van der Waals surface area contributed by atoms with Gasteiger partial charge in [-0.3, -0.25) is 0 Å². The van der Waals surface area contributed by atoms with E-state index in [-0.39, 0.29) is 4.21 Å². The number of ether oxygens (including phenoxy) is 2. The summed E-state index contributed by atoms with van der Waals surface area (Å²) in [5, 5.41) is 0.702. The van der Waals surface area contributed by atoms with Crippen LogP contribution in [0.15, 0.2) is 10.4 Å². The van der Waals surface area contributed by atoms with Crippen LogP contribution in [0.1, 0.15) is 11.9 Å². The van der Waals surface area contributed by atoms with Crippen molar-refractivity contribution in [2.75, 3.05) is 14.2 Å². The van der Waals surface area contributed by atoms with E-state index in [0.29, 0.717) is 5.01 Å². The number of rotatable bonds is 6. The molecule has 8 heteroatoms. The summed E-state index contributed by atoms with van der Waals surface area (Å²) in [6, 6.07) is -0.489. The van der Waals surface area contributed by atoms with Crippen LogP contribution in [0.25, 0.3) is 0 Å². The van der Waals surface area contributed by atoms with Crippen molar-refractivity contribution < 1.29 is 17.9 Å². The maximum atomic E-state index is 11.9. The first-order valence-corrected chi connectivity index (χ1v) is 7.21. The van der Waals surface area contributed by atoms with Gasteiger partial charge in [0, 0.05) is 14.2 Å². The highest BCUT2D eigenvalue weighted by Gasteiger charge is 2.24. The summed E-state index contributed by atoms with van der Waals surface area (Å²) in [7, 11) is -0.650. The quantitative estimate of drug-likeness (QED) is 0.778. The molecular weight excluding hydrogens is 264 g/mol. The second-order valence-corrected chi connectivity index (χ2v) is 6.62. The van der Waals surface area contributed by atoms with Crippen LogP contribution in [0.2, 0.25) is 0 Å². The molecule has 0 amide bonds. The lowest BCUT2D eigenvalue weighted by Gasteiger charge is -2.21. The van der Waals surface area contributed by atoms with Crippen molar-refractivity contribution in [1.82, 2.24) is 9.71 Å². The number of nitrogens with one attached hydrogen (secondary N) is 1. The number of thiazole rings is 1. The van der Waals surface area contributed by atoms with Crippen molar-refractivity contribution >= 4 is 21.4 Å². The van der Waals surface area contributed by atoms with Crippen LogP contribution >= 0.6 is 11.3 Å². The number of hydrogen-bond acceptors (Lipinski definition) is 6. The topological polar surface area (TPSA) is 77.5 Å². The molecule has 1 N–H and O–H groups in total. The molecule has 1 aromatic rings. The van der Waals surface area contributed by atoms with Gasteiger partial charge in [0.05, 0.1) is 17.2 Å². The average Bonchev–Trinajstić information content (AvgIpc) is 2.66. The van der Waals surface area contributed by atoms with Gasteiger partial charge in [-0.2, -0.15) is 0 Å². The van der Waals surface area contributed by atoms with Crippen LogP contribution in [-0.2, 0) is 19.5 Å². The molecule has 0 saturated heterocycles. The number of aryl methyl sites for hydroxylation is 1. The fraction of sp³-hybridized carbons (Fsp3) is 0.667. The van der Waals surface area contributed by atoms with Crippen molar-refractivity contribution in [2.24, 2.45) is 0 Å². The Morgan fingerprint density at radius 2 is 2.00 bits per heavy atom. The zero-order chi connectivity index (χ0) is 13.1. The summed E-state index contributed by atoms with van der Waals surface area (Å²) >= 11 is 1.12. The highest BCUT2D eigenvalue weighted by molar-refractivity contribution is 7.91. The first kappa shape index (κ1) is 14.5. The van der Waals surface area contributed by atoms with Gasteiger partial charge in [-0.25, -0.2) is 18.1 Å². The third-order valence-electron chi connectivity index (χ3n) is 2.08. The number of sulfonamides is 1. The zero-order valence-corrected chi connectivity index (χ0v) is 11.8. The largest absolute Gasteiger partial charge is 0.354 e. The fourth-order valence-corrected chi connectivity index (χ4v) is 3.68. The minimum absolute atomic E-state index is 0.188. The number of hydrogen-bond donors (Lipinski definition) is 1. The van der Waals surface area contributed by atoms with E-state index in [1.165, 1.54) is 20.4 Å². The van der Waals surface area contributed by atoms with Crippen molar-refractivity contribution in [2.45, 2.75) is 30.4 Å². The van der Waals surface area contributed by atoms with Crippen LogP contribution in [0.4, 0.5) is 0 Å². The van der Waals surface area contributed by atoms with Crippen LogP contribution < -0.4 is 4.72 Å². The minimum atomic E-state index is -3.56. The number of methoxy groups -OCH3 is 2. The lowest BCUT2D eigenvalue weighted by Crippen LogP contribution is -2.42. The van der Waals surface area contributed by atoms with Gasteiger partial charge in [-0.1, -0.05) is 0 Å². The highest BCUT2D eigenvalue weighted by Crippen LogP contribution is 2.18. The Bertz CT molecular complexity index is 453. The summed E-state index contributed by atoms with van der Waals surface area (Å²) in [6.07, 6.45) is 0.711. The van der Waals surface area contributed by atoms with E-state index < -0.39 is 22.4 Å². The Kier molecular flexibility index (Phi) is 5.02. The van der Waals surface area contributed by atoms with E-state index >= 15 is 0 Å². The molecule has 1 unspecified atom stereocenters. The van der Waals surface area contributed by atoms with Gasteiger partial charge in [-0.15, -0.1) is 11.3 Å². The molecule has 0 bridgehead atoms. The van der Waals surface area contributed by atoms with Gasteiger partial charge in [0.2, 0.25) is 0 Å². The van der Waals surface area contributed by atoms with Gasteiger partial charge in [0.1, 0.15) is 0 Å². The zero-order valence-electron chi connectivity index (χ0n) is 10.1. The van der Waals surface area contributed by atoms with E-state index in [1.807, 2.05) is 0 Å². The molecule has 1 heterocycles. The maximum absolute atomic E-state index is 11.9. The lowest BCUT2D eigenvalue weighted by atomic mass is 10.3. The van der Waals surface area contributed by atoms with Crippen LogP contribution in [0, 0.1) is 6.92 Å². The standard InChI is InChI=1S/C9H16N2O4S2/c1-6(9(14-3)15-4)11-17(12,13)8-5-10-7(2)16-8/h5-6,9,11H,1-4H3. The highest BCUT2D eigenvalue weighted by atomic mass is 32.2. The van der Waals surface area contributed by atoms with Crippen molar-refractivity contribution in [3.8, 4) is 0 Å². The van der Waals surface area contributed by atoms with Crippen molar-refractivity contribution in [3.05, 3.63) is 11.2 Å². The molecule has 0 radical (unpaired) electrons. The molecule has 0 spiro atoms. The van der Waals surface area contributed by atoms with E-state index in [4.69, 9.17) is 9.47 Å². The maximum Gasteiger partial charge on any atom is 0.252 e. The van der Waals surface area contributed by atoms with E-state index in [1.54, 1.807) is 13.8 Å². The summed E-state index contributed by atoms with van der Waals surface area (Å²) in [5.41, 5.74) is 0. The molecule has 1 rings (SSSR count). The third kappa shape index (κ3) is 3.71. The second-order valence-electron chi connectivity index (χ2n) is 3.45. The van der Waals surface area contributed by atoms with Crippen LogP contribution in [0.3, 0.4) is 0 Å². The minimum Gasteiger partial charge on any atom is -0.354 e. The molecule has 0 aliphatic heterocycles. The van der Waals surface area contributed by atoms with Gasteiger partial charge < -0.3 is 9.47 Å². The Balaban J connectivity index is 2.80. The molecule has 0 aromatic carbocycles. The first-order chi connectivity index (χ1) is 7.90. The second kappa shape index (κ2) is 5.87. The normalized spacial score (nSPS) is 14.2. The van der Waals surface area contributed by atoms with E-state index in [0.717, 1.165) is 11.3 Å². The molecule has 0 aliphatic carbocycles. The van der Waals surface area contributed by atoms with Crippen LogP contribution in [0.5, 0.6) is 0 Å².